The van der Waals surface area contributed by atoms with E-state index >= 15 is 0 Å². The molecule has 0 aliphatic carbocycles. The van der Waals surface area contributed by atoms with Crippen molar-refractivity contribution in [2.45, 2.75) is 32.6 Å². The van der Waals surface area contributed by atoms with E-state index in [4.69, 9.17) is 14.6 Å². The minimum atomic E-state index is -0.861. The fraction of sp³-hybridized carbons (Fsp3) is 0.391. The van der Waals surface area contributed by atoms with Crippen molar-refractivity contribution in [2.24, 2.45) is 0 Å². The maximum Gasteiger partial charge on any atom is 0.303 e. The van der Waals surface area contributed by atoms with Crippen LogP contribution in [0.2, 0.25) is 0 Å². The van der Waals surface area contributed by atoms with Gasteiger partial charge in [-0.05, 0) is 43.9 Å². The molecule has 0 radical (unpaired) electrons. The van der Waals surface area contributed by atoms with Gasteiger partial charge >= 0.3 is 5.97 Å². The highest BCUT2D eigenvalue weighted by Crippen LogP contribution is 2.30. The van der Waals surface area contributed by atoms with E-state index < -0.39 is 5.97 Å². The van der Waals surface area contributed by atoms with E-state index in [2.05, 4.69) is 12.1 Å². The fourth-order valence-electron chi connectivity index (χ4n) is 3.25. The van der Waals surface area contributed by atoms with Gasteiger partial charge in [0.2, 0.25) is 0 Å². The number of aliphatic carboxylic acids is 1. The van der Waals surface area contributed by atoms with Crippen molar-refractivity contribution < 1.29 is 24.2 Å². The number of hydrogen-bond acceptors (Lipinski definition) is 4. The highest BCUT2D eigenvalue weighted by atomic mass is 16.5. The number of ether oxygens (including phenoxy) is 2. The third-order valence-electron chi connectivity index (χ3n) is 4.84. The third-order valence-corrected chi connectivity index (χ3v) is 4.84. The first-order valence-corrected chi connectivity index (χ1v) is 9.74. The normalized spacial score (nSPS) is 10.4. The lowest BCUT2D eigenvalue weighted by molar-refractivity contribution is -0.137. The molecule has 2 aromatic rings. The Balaban J connectivity index is 2.15. The molecule has 0 aliphatic heterocycles. The smallest absolute Gasteiger partial charge is 0.303 e. The number of amides is 1. The molecule has 2 aromatic carbocycles. The zero-order valence-electron chi connectivity index (χ0n) is 17.3. The average Bonchev–Trinajstić information content (AvgIpc) is 2.73. The van der Waals surface area contributed by atoms with Crippen LogP contribution in [0.15, 0.2) is 42.5 Å². The van der Waals surface area contributed by atoms with Gasteiger partial charge in [0, 0.05) is 30.6 Å². The van der Waals surface area contributed by atoms with Crippen LogP contribution in [0.25, 0.3) is 0 Å². The Morgan fingerprint density at radius 2 is 1.55 bits per heavy atom. The van der Waals surface area contributed by atoms with Crippen LogP contribution in [0, 0.1) is 6.92 Å². The number of carbonyl (C=O) groups excluding carboxylic acids is 1. The Kier molecular flexibility index (Phi) is 8.52. The molecule has 0 saturated carbocycles. The van der Waals surface area contributed by atoms with E-state index in [1.807, 2.05) is 25.1 Å². The second kappa shape index (κ2) is 11.1. The van der Waals surface area contributed by atoms with Crippen LogP contribution >= 0.6 is 0 Å². The second-order valence-corrected chi connectivity index (χ2v) is 6.88. The molecular formula is C23H29NO5. The van der Waals surface area contributed by atoms with Gasteiger partial charge in [-0.1, -0.05) is 30.3 Å². The Morgan fingerprint density at radius 3 is 2.10 bits per heavy atom. The predicted molar refractivity (Wildman–Crippen MR) is 112 cm³/mol. The van der Waals surface area contributed by atoms with E-state index in [9.17, 15) is 9.59 Å². The highest BCUT2D eigenvalue weighted by Gasteiger charge is 2.19. The van der Waals surface area contributed by atoms with Gasteiger partial charge in [0.05, 0.1) is 14.2 Å². The summed E-state index contributed by atoms with van der Waals surface area (Å²) in [7, 11) is 3.11. The minimum absolute atomic E-state index is 0.0308. The number of benzene rings is 2. The van der Waals surface area contributed by atoms with Gasteiger partial charge in [-0.3, -0.25) is 9.59 Å². The summed E-state index contributed by atoms with van der Waals surface area (Å²) in [5.41, 5.74) is 2.51. The van der Waals surface area contributed by atoms with Crippen LogP contribution in [0.3, 0.4) is 0 Å². The summed E-state index contributed by atoms with van der Waals surface area (Å²) in [5, 5.41) is 8.94. The lowest BCUT2D eigenvalue weighted by Crippen LogP contribution is -2.33. The van der Waals surface area contributed by atoms with Gasteiger partial charge < -0.3 is 19.5 Å². The van der Waals surface area contributed by atoms with Crippen molar-refractivity contribution in [1.29, 1.82) is 0 Å². The molecule has 29 heavy (non-hydrogen) atoms. The first-order chi connectivity index (χ1) is 14.0. The molecule has 0 unspecified atom stereocenters. The lowest BCUT2D eigenvalue weighted by Gasteiger charge is -2.23. The summed E-state index contributed by atoms with van der Waals surface area (Å²) < 4.78 is 10.8. The van der Waals surface area contributed by atoms with E-state index in [-0.39, 0.29) is 12.3 Å². The lowest BCUT2D eigenvalue weighted by atomic mass is 10.1. The Hall–Kier alpha value is -3.02. The number of carbonyl (C=O) groups is 2. The average molecular weight is 399 g/mol. The van der Waals surface area contributed by atoms with E-state index in [1.54, 1.807) is 31.3 Å². The molecule has 0 atom stereocenters. The first kappa shape index (κ1) is 22.3. The van der Waals surface area contributed by atoms with Gasteiger partial charge in [-0.25, -0.2) is 0 Å². The van der Waals surface area contributed by atoms with E-state index in [1.165, 1.54) is 5.56 Å². The Morgan fingerprint density at radius 1 is 0.966 bits per heavy atom. The monoisotopic (exact) mass is 399 g/mol. The maximum absolute atomic E-state index is 13.2. The SMILES string of the molecule is COc1cc(C(=O)N(CCCC(=O)O)CCCc2ccccc2)cc(OC)c1C. The molecule has 0 aromatic heterocycles. The molecule has 1 N–H and O–H groups in total. The molecule has 1 amide bonds. The number of hydrogen-bond donors (Lipinski definition) is 1. The summed E-state index contributed by atoms with van der Waals surface area (Å²) in [5.74, 6) is 0.158. The number of rotatable bonds is 11. The van der Waals surface area contributed by atoms with Crippen molar-refractivity contribution in [3.05, 3.63) is 59.2 Å². The zero-order valence-corrected chi connectivity index (χ0v) is 17.3. The van der Waals surface area contributed by atoms with Crippen LogP contribution < -0.4 is 9.47 Å². The Bertz CT molecular complexity index is 794. The van der Waals surface area contributed by atoms with Crippen molar-refractivity contribution >= 4 is 11.9 Å². The van der Waals surface area contributed by atoms with Crippen molar-refractivity contribution in [3.63, 3.8) is 0 Å². The van der Waals surface area contributed by atoms with Gasteiger partial charge in [-0.2, -0.15) is 0 Å². The number of aryl methyl sites for hydroxylation is 1. The third kappa shape index (κ3) is 6.52. The van der Waals surface area contributed by atoms with Gasteiger partial charge in [0.1, 0.15) is 11.5 Å². The molecule has 156 valence electrons. The standard InChI is InChI=1S/C23H29NO5/c1-17-20(28-2)15-19(16-21(17)29-3)23(27)24(14-8-12-22(25)26)13-7-11-18-9-5-4-6-10-18/h4-6,9-10,15-16H,7-8,11-14H2,1-3H3,(H,25,26). The summed E-state index contributed by atoms with van der Waals surface area (Å²) >= 11 is 0. The molecule has 2 rings (SSSR count). The van der Waals surface area contributed by atoms with Crippen LogP contribution in [0.1, 0.15) is 40.7 Å². The molecule has 0 bridgehead atoms. The molecule has 0 heterocycles. The quantitative estimate of drug-likeness (QED) is 0.619. The first-order valence-electron chi connectivity index (χ1n) is 9.74. The fourth-order valence-corrected chi connectivity index (χ4v) is 3.25. The molecule has 0 saturated heterocycles. The predicted octanol–water partition coefficient (Wildman–Crippen LogP) is 3.95. The molecule has 0 spiro atoms. The summed E-state index contributed by atoms with van der Waals surface area (Å²) in [4.78, 5) is 25.8. The van der Waals surface area contributed by atoms with Crippen LogP contribution in [0.5, 0.6) is 11.5 Å². The van der Waals surface area contributed by atoms with Crippen molar-refractivity contribution in [1.82, 2.24) is 4.90 Å². The van der Waals surface area contributed by atoms with Crippen LogP contribution in [-0.4, -0.2) is 49.2 Å². The molecule has 6 heteroatoms. The summed E-state index contributed by atoms with van der Waals surface area (Å²) in [6.07, 6.45) is 2.09. The van der Waals surface area contributed by atoms with Gasteiger partial charge in [0.25, 0.3) is 5.91 Å². The largest absolute Gasteiger partial charge is 0.496 e. The van der Waals surface area contributed by atoms with Crippen LogP contribution in [0.4, 0.5) is 0 Å². The van der Waals surface area contributed by atoms with Crippen molar-refractivity contribution in [3.8, 4) is 11.5 Å². The van der Waals surface area contributed by atoms with Crippen LogP contribution in [-0.2, 0) is 11.2 Å². The minimum Gasteiger partial charge on any atom is -0.496 e. The van der Waals surface area contributed by atoms with Crippen molar-refractivity contribution in [2.75, 3.05) is 27.3 Å². The number of nitrogens with zero attached hydrogens (tertiary/aromatic N) is 1. The van der Waals surface area contributed by atoms with Gasteiger partial charge in [-0.15, -0.1) is 0 Å². The van der Waals surface area contributed by atoms with Gasteiger partial charge in [0.15, 0.2) is 0 Å². The molecule has 6 nitrogen and oxygen atoms in total. The summed E-state index contributed by atoms with van der Waals surface area (Å²) in [6.45, 7) is 2.81. The maximum atomic E-state index is 13.2. The molecule has 0 aliphatic rings. The second-order valence-electron chi connectivity index (χ2n) is 6.88. The van der Waals surface area contributed by atoms with E-state index in [0.717, 1.165) is 18.4 Å². The Labute approximate surface area is 172 Å². The highest BCUT2D eigenvalue weighted by molar-refractivity contribution is 5.95. The molecular weight excluding hydrogens is 370 g/mol. The number of carboxylic acid groups (broad SMARTS) is 1. The topological polar surface area (TPSA) is 76.1 Å². The summed E-state index contributed by atoms with van der Waals surface area (Å²) in [6, 6.07) is 13.5. The number of carboxylic acids is 1. The molecule has 0 fully saturated rings. The number of methoxy groups -OCH3 is 2. The zero-order chi connectivity index (χ0) is 21.2. The van der Waals surface area contributed by atoms with E-state index in [0.29, 0.717) is 36.6 Å².